The van der Waals surface area contributed by atoms with Crippen molar-refractivity contribution in [1.29, 1.82) is 0 Å². The van der Waals surface area contributed by atoms with Crippen molar-refractivity contribution >= 4 is 41.6 Å². The minimum Gasteiger partial charge on any atom is -0.497 e. The number of nitrogens with zero attached hydrogens (tertiary/aromatic N) is 4. The number of aromatic nitrogens is 4. The predicted molar refractivity (Wildman–Crippen MR) is 265 cm³/mol. The van der Waals surface area contributed by atoms with Crippen LogP contribution in [0.4, 0.5) is 5.82 Å². The van der Waals surface area contributed by atoms with E-state index < -0.39 is 20.0 Å². The van der Waals surface area contributed by atoms with Crippen LogP contribution in [0.25, 0.3) is 11.2 Å². The molecule has 8 aromatic rings. The molecule has 0 saturated heterocycles. The molecule has 0 radical (unpaired) electrons. The van der Waals surface area contributed by atoms with Gasteiger partial charge in [-0.25, -0.2) is 15.0 Å². The van der Waals surface area contributed by atoms with Crippen LogP contribution in [0.2, 0.25) is 5.04 Å². The summed E-state index contributed by atoms with van der Waals surface area (Å²) >= 11 is 0. The van der Waals surface area contributed by atoms with Crippen molar-refractivity contribution in [3.05, 3.63) is 223 Å². The van der Waals surface area contributed by atoms with Crippen molar-refractivity contribution in [2.45, 2.75) is 50.5 Å². The number of methoxy groups -OCH3 is 1. The Bertz CT molecular complexity index is 2830. The fraction of sp³-hybridized carbons (Fsp3) is 0.214. The lowest BCUT2D eigenvalue weighted by Crippen LogP contribution is -2.67. The van der Waals surface area contributed by atoms with Gasteiger partial charge in [0.05, 0.1) is 25.6 Å². The van der Waals surface area contributed by atoms with Crippen LogP contribution in [0, 0.1) is 11.8 Å². The number of carbonyl (C=O) groups is 1. The van der Waals surface area contributed by atoms with Crippen molar-refractivity contribution in [2.75, 3.05) is 19.0 Å². The predicted octanol–water partition coefficient (Wildman–Crippen LogP) is 10.4. The van der Waals surface area contributed by atoms with E-state index in [-0.39, 0.29) is 28.8 Å². The molecule has 0 bridgehead atoms. The zero-order valence-electron chi connectivity index (χ0n) is 38.0. The number of carbonyl (C=O) groups excluding carboxylic acids is 1. The molecule has 2 aromatic heterocycles. The number of ether oxygens (including phenoxy) is 2. The number of imidazole rings is 1. The van der Waals surface area contributed by atoms with E-state index in [0.29, 0.717) is 29.2 Å². The highest BCUT2D eigenvalue weighted by atomic mass is 28.4. The molecule has 66 heavy (non-hydrogen) atoms. The topological polar surface area (TPSA) is 100 Å². The monoisotopic (exact) mass is 889 g/mol. The summed E-state index contributed by atoms with van der Waals surface area (Å²) in [6.07, 6.45) is 2.85. The maximum atomic E-state index is 13.4. The maximum Gasteiger partial charge on any atom is 0.261 e. The zero-order valence-corrected chi connectivity index (χ0v) is 39.0. The highest BCUT2D eigenvalue weighted by Gasteiger charge is 2.55. The summed E-state index contributed by atoms with van der Waals surface area (Å²) in [7, 11) is -1.28. The van der Waals surface area contributed by atoms with Crippen LogP contribution in [0.3, 0.4) is 0 Å². The Morgan fingerprint density at radius 1 is 0.712 bits per heavy atom. The van der Waals surface area contributed by atoms with Crippen LogP contribution in [-0.2, 0) is 14.8 Å². The van der Waals surface area contributed by atoms with E-state index in [1.54, 1.807) is 25.6 Å². The Morgan fingerprint density at radius 2 is 1.23 bits per heavy atom. The molecule has 1 saturated carbocycles. The molecule has 1 aliphatic rings. The summed E-state index contributed by atoms with van der Waals surface area (Å²) < 4.78 is 23.3. The fourth-order valence-electron chi connectivity index (χ4n) is 10.1. The molecule has 0 aliphatic heterocycles. The van der Waals surface area contributed by atoms with E-state index in [4.69, 9.17) is 30.4 Å². The normalized spacial score (nSPS) is 16.9. The number of anilines is 1. The van der Waals surface area contributed by atoms with Gasteiger partial charge in [0.2, 0.25) is 0 Å². The summed E-state index contributed by atoms with van der Waals surface area (Å²) in [6, 6.07) is 59.3. The Kier molecular flexibility index (Phi) is 12.4. The van der Waals surface area contributed by atoms with Crippen molar-refractivity contribution in [3.8, 4) is 5.75 Å². The fourth-order valence-corrected chi connectivity index (χ4v) is 14.7. The Balaban J connectivity index is 1.17. The van der Waals surface area contributed by atoms with Crippen molar-refractivity contribution in [2.24, 2.45) is 11.8 Å². The summed E-state index contributed by atoms with van der Waals surface area (Å²) in [5.41, 5.74) is 4.46. The van der Waals surface area contributed by atoms with E-state index in [2.05, 4.69) is 164 Å². The van der Waals surface area contributed by atoms with Crippen LogP contribution in [0.15, 0.2) is 201 Å². The summed E-state index contributed by atoms with van der Waals surface area (Å²) in [5, 5.41) is 5.16. The van der Waals surface area contributed by atoms with Crippen LogP contribution < -0.4 is 20.4 Å². The highest BCUT2D eigenvalue weighted by molar-refractivity contribution is 6.99. The summed E-state index contributed by atoms with van der Waals surface area (Å²) in [6.45, 7) is 14.3. The van der Waals surface area contributed by atoms with E-state index in [9.17, 15) is 4.79 Å². The number of amides is 1. The Morgan fingerprint density at radius 3 is 1.76 bits per heavy atom. The van der Waals surface area contributed by atoms with Crippen LogP contribution in [0.5, 0.6) is 5.75 Å². The van der Waals surface area contributed by atoms with Crippen LogP contribution >= 0.6 is 0 Å². The summed E-state index contributed by atoms with van der Waals surface area (Å²) in [5.74, 6) is 0.483. The third kappa shape index (κ3) is 7.95. The quantitative estimate of drug-likeness (QED) is 0.0622. The number of nitrogens with one attached hydrogen (secondary N) is 1. The van der Waals surface area contributed by atoms with E-state index in [1.807, 2.05) is 42.5 Å². The molecule has 10 heteroatoms. The molecule has 9 nitrogen and oxygen atoms in total. The number of fused-ring (bicyclic) bond motifs is 1. The van der Waals surface area contributed by atoms with Gasteiger partial charge in [-0.3, -0.25) is 4.79 Å². The maximum absolute atomic E-state index is 13.4. The van der Waals surface area contributed by atoms with Crippen LogP contribution in [-0.4, -0.2) is 53.6 Å². The van der Waals surface area contributed by atoms with Gasteiger partial charge in [-0.1, -0.05) is 179 Å². The van der Waals surface area contributed by atoms with Gasteiger partial charge in [0.1, 0.15) is 17.7 Å². The van der Waals surface area contributed by atoms with Crippen molar-refractivity contribution in [1.82, 2.24) is 19.5 Å². The van der Waals surface area contributed by atoms with E-state index in [0.717, 1.165) is 28.0 Å². The first-order chi connectivity index (χ1) is 32.1. The number of hydrogen-bond donors (Lipinski definition) is 1. The molecule has 1 fully saturated rings. The Labute approximate surface area is 388 Å². The standard InChI is InChI=1S/C56H55N5O4Si/c1-39-48(36-64-66(55(3,4)5,46-28-18-10-19-29-46)47-30-20-11-21-31-47)49(51(39)61-38-59-50-52(57-37-58-53(50)61)60-54(62)41-22-12-7-13-23-41)40(2)65-56(42-24-14-8-15-25-42,43-26-16-9-17-27-43)44-32-34-45(63-6)35-33-44/h7-35,37-38,40,48-49,51H,1,36H2,2-6H3,(H,57,58,60,62)/t40?,48-,49+,51+/m0/s1. The third-order valence-electron chi connectivity index (χ3n) is 13.3. The lowest BCUT2D eigenvalue weighted by atomic mass is 9.63. The van der Waals surface area contributed by atoms with Gasteiger partial charge in [-0.05, 0) is 68.9 Å². The third-order valence-corrected chi connectivity index (χ3v) is 18.3. The molecule has 6 aromatic carbocycles. The molecular weight excluding hydrogens is 835 g/mol. The lowest BCUT2D eigenvalue weighted by molar-refractivity contribution is -0.103. The van der Waals surface area contributed by atoms with Crippen LogP contribution in [0.1, 0.15) is 60.8 Å². The molecule has 1 N–H and O–H groups in total. The minimum absolute atomic E-state index is 0.136. The largest absolute Gasteiger partial charge is 0.497 e. The zero-order chi connectivity index (χ0) is 45.9. The number of hydrogen-bond acceptors (Lipinski definition) is 7. The lowest BCUT2D eigenvalue weighted by Gasteiger charge is -2.53. The van der Waals surface area contributed by atoms with E-state index in [1.165, 1.54) is 16.7 Å². The second kappa shape index (κ2) is 18.5. The van der Waals surface area contributed by atoms with Crippen molar-refractivity contribution in [3.63, 3.8) is 0 Å². The first-order valence-electron chi connectivity index (χ1n) is 22.5. The molecule has 1 amide bonds. The molecule has 332 valence electrons. The van der Waals surface area contributed by atoms with Gasteiger partial charge in [-0.15, -0.1) is 0 Å². The van der Waals surface area contributed by atoms with Gasteiger partial charge in [0.15, 0.2) is 17.0 Å². The number of benzene rings is 6. The summed E-state index contributed by atoms with van der Waals surface area (Å²) in [4.78, 5) is 27.5. The smallest absolute Gasteiger partial charge is 0.261 e. The molecule has 1 unspecified atom stereocenters. The molecule has 4 atom stereocenters. The highest BCUT2D eigenvalue weighted by Crippen LogP contribution is 2.54. The Hall–Kier alpha value is -6.98. The molecule has 1 aliphatic carbocycles. The molecule has 0 spiro atoms. The van der Waals surface area contributed by atoms with E-state index >= 15 is 0 Å². The van der Waals surface area contributed by atoms with Gasteiger partial charge in [0, 0.05) is 24.0 Å². The van der Waals surface area contributed by atoms with Gasteiger partial charge >= 0.3 is 0 Å². The van der Waals surface area contributed by atoms with Gasteiger partial charge in [0.25, 0.3) is 14.2 Å². The first-order valence-corrected chi connectivity index (χ1v) is 24.4. The average molecular weight is 890 g/mol. The number of rotatable bonds is 15. The van der Waals surface area contributed by atoms with Gasteiger partial charge < -0.3 is 23.8 Å². The molecular formula is C56H55N5O4Si. The SMILES string of the molecule is C=C1[C@@H](n2cnc3c(NC(=O)c4ccccc4)ncnc32)[C@H](C(C)OC(c2ccccc2)(c2ccccc2)c2ccc(OC)cc2)[C@H]1CO[Si](c1ccccc1)(c1ccccc1)C(C)(C)C. The average Bonchev–Trinajstić information content (AvgIpc) is 3.78. The second-order valence-electron chi connectivity index (χ2n) is 18.0. The molecule has 9 rings (SSSR count). The first kappa shape index (κ1) is 44.2. The van der Waals surface area contributed by atoms with Gasteiger partial charge in [-0.2, -0.15) is 0 Å². The second-order valence-corrected chi connectivity index (χ2v) is 22.3. The molecule has 2 heterocycles. The minimum atomic E-state index is -2.96. The van der Waals surface area contributed by atoms with Crippen molar-refractivity contribution < 1.29 is 18.7 Å².